The van der Waals surface area contributed by atoms with Crippen molar-refractivity contribution < 1.29 is 13.6 Å². The van der Waals surface area contributed by atoms with Gasteiger partial charge < -0.3 is 5.32 Å². The highest BCUT2D eigenvalue weighted by Gasteiger charge is 2.31. The normalized spacial score (nSPS) is 17.1. The van der Waals surface area contributed by atoms with Gasteiger partial charge >= 0.3 is 0 Å². The SMILES string of the molecule is O=C(CN1CCc2sccc2C1c1cccs1)Nc1cc(F)ccc1F. The van der Waals surface area contributed by atoms with Gasteiger partial charge in [0.05, 0.1) is 18.3 Å². The monoisotopic (exact) mass is 390 g/mol. The largest absolute Gasteiger partial charge is 0.322 e. The maximum atomic E-state index is 13.8. The highest BCUT2D eigenvalue weighted by molar-refractivity contribution is 7.10. The van der Waals surface area contributed by atoms with Crippen LogP contribution in [-0.2, 0) is 11.2 Å². The summed E-state index contributed by atoms with van der Waals surface area (Å²) in [4.78, 5) is 17.1. The lowest BCUT2D eigenvalue weighted by Crippen LogP contribution is -2.40. The number of nitrogens with one attached hydrogen (secondary N) is 1. The first-order valence-corrected chi connectivity index (χ1v) is 9.96. The smallest absolute Gasteiger partial charge is 0.238 e. The van der Waals surface area contributed by atoms with Gasteiger partial charge in [-0.25, -0.2) is 8.78 Å². The highest BCUT2D eigenvalue weighted by atomic mass is 32.1. The van der Waals surface area contributed by atoms with Gasteiger partial charge in [-0.05, 0) is 47.0 Å². The first kappa shape index (κ1) is 17.3. The van der Waals surface area contributed by atoms with Crippen molar-refractivity contribution in [2.75, 3.05) is 18.4 Å². The third kappa shape index (κ3) is 3.42. The second-order valence-corrected chi connectivity index (χ2v) is 8.09. The first-order chi connectivity index (χ1) is 12.6. The minimum atomic E-state index is -0.645. The highest BCUT2D eigenvalue weighted by Crippen LogP contribution is 2.39. The Hall–Kier alpha value is -2.09. The van der Waals surface area contributed by atoms with E-state index in [4.69, 9.17) is 0 Å². The van der Waals surface area contributed by atoms with Crippen molar-refractivity contribution in [3.8, 4) is 0 Å². The average molecular weight is 390 g/mol. The molecule has 0 saturated carbocycles. The lowest BCUT2D eigenvalue weighted by Gasteiger charge is -2.34. The number of nitrogens with zero attached hydrogens (tertiary/aromatic N) is 1. The van der Waals surface area contributed by atoms with E-state index in [-0.39, 0.29) is 24.2 Å². The van der Waals surface area contributed by atoms with Gasteiger partial charge in [0.2, 0.25) is 5.91 Å². The van der Waals surface area contributed by atoms with Crippen molar-refractivity contribution in [3.05, 3.63) is 74.1 Å². The van der Waals surface area contributed by atoms with E-state index in [1.807, 2.05) is 11.4 Å². The molecule has 7 heteroatoms. The molecule has 3 heterocycles. The molecule has 0 spiro atoms. The molecule has 1 atom stereocenters. The lowest BCUT2D eigenvalue weighted by atomic mass is 9.98. The van der Waals surface area contributed by atoms with E-state index in [0.717, 1.165) is 31.2 Å². The van der Waals surface area contributed by atoms with Gasteiger partial charge in [0, 0.05) is 22.4 Å². The summed E-state index contributed by atoms with van der Waals surface area (Å²) in [5.41, 5.74) is 1.10. The topological polar surface area (TPSA) is 32.3 Å². The van der Waals surface area contributed by atoms with E-state index in [0.29, 0.717) is 0 Å². The van der Waals surface area contributed by atoms with Crippen molar-refractivity contribution in [1.29, 1.82) is 0 Å². The van der Waals surface area contributed by atoms with E-state index in [9.17, 15) is 13.6 Å². The number of benzene rings is 1. The standard InChI is InChI=1S/C19H16F2N2OS2/c20-12-3-4-14(21)15(10-12)22-18(24)11-23-7-5-16-13(6-9-26-16)19(23)17-2-1-8-25-17/h1-4,6,8-10,19H,5,7,11H2,(H,22,24). The maximum absolute atomic E-state index is 13.8. The quantitative estimate of drug-likeness (QED) is 0.702. The Labute approximate surface area is 157 Å². The number of carbonyl (C=O) groups is 1. The molecule has 1 aromatic carbocycles. The average Bonchev–Trinajstić information content (AvgIpc) is 3.29. The summed E-state index contributed by atoms with van der Waals surface area (Å²) >= 11 is 3.40. The molecule has 1 unspecified atom stereocenters. The lowest BCUT2D eigenvalue weighted by molar-refractivity contribution is -0.117. The zero-order chi connectivity index (χ0) is 18.1. The molecular weight excluding hydrogens is 374 g/mol. The maximum Gasteiger partial charge on any atom is 0.238 e. The number of thiophene rings is 2. The fourth-order valence-electron chi connectivity index (χ4n) is 3.29. The molecule has 4 rings (SSSR count). The first-order valence-electron chi connectivity index (χ1n) is 8.20. The van der Waals surface area contributed by atoms with Crippen molar-refractivity contribution >= 4 is 34.3 Å². The third-order valence-corrected chi connectivity index (χ3v) is 6.35. The summed E-state index contributed by atoms with van der Waals surface area (Å²) in [7, 11) is 0. The number of fused-ring (bicyclic) bond motifs is 1. The molecule has 134 valence electrons. The number of anilines is 1. The van der Waals surface area contributed by atoms with Crippen molar-refractivity contribution in [2.24, 2.45) is 0 Å². The van der Waals surface area contributed by atoms with Crippen LogP contribution in [0, 0.1) is 11.6 Å². The van der Waals surface area contributed by atoms with E-state index in [2.05, 4.69) is 27.7 Å². The van der Waals surface area contributed by atoms with Gasteiger partial charge in [-0.1, -0.05) is 6.07 Å². The van der Waals surface area contributed by atoms with Crippen LogP contribution in [-0.4, -0.2) is 23.9 Å². The second-order valence-electron chi connectivity index (χ2n) is 6.11. The van der Waals surface area contributed by atoms with Gasteiger partial charge in [-0.3, -0.25) is 9.69 Å². The minimum absolute atomic E-state index is 0.0214. The molecule has 0 radical (unpaired) electrons. The van der Waals surface area contributed by atoms with E-state index >= 15 is 0 Å². The third-order valence-electron chi connectivity index (χ3n) is 4.43. The molecule has 3 aromatic rings. The Balaban J connectivity index is 1.55. The molecular formula is C19H16F2N2OS2. The van der Waals surface area contributed by atoms with Crippen LogP contribution in [0.2, 0.25) is 0 Å². The summed E-state index contributed by atoms with van der Waals surface area (Å²) in [6.45, 7) is 0.864. The summed E-state index contributed by atoms with van der Waals surface area (Å²) in [5.74, 6) is -1.58. The van der Waals surface area contributed by atoms with Crippen LogP contribution in [0.3, 0.4) is 0 Å². The summed E-state index contributed by atoms with van der Waals surface area (Å²) in [5, 5.41) is 6.60. The zero-order valence-electron chi connectivity index (χ0n) is 13.7. The van der Waals surface area contributed by atoms with Gasteiger partial charge in [0.25, 0.3) is 0 Å². The molecule has 0 saturated heterocycles. The Morgan fingerprint density at radius 3 is 2.88 bits per heavy atom. The molecule has 26 heavy (non-hydrogen) atoms. The fraction of sp³-hybridized carbons (Fsp3) is 0.211. The fourth-order valence-corrected chi connectivity index (χ4v) is 5.07. The number of amides is 1. The van der Waals surface area contributed by atoms with Crippen LogP contribution in [0.4, 0.5) is 14.5 Å². The van der Waals surface area contributed by atoms with Crippen LogP contribution in [0.25, 0.3) is 0 Å². The summed E-state index contributed by atoms with van der Waals surface area (Å²) < 4.78 is 27.1. The van der Waals surface area contributed by atoms with Gasteiger partial charge in [-0.15, -0.1) is 22.7 Å². The molecule has 1 aliphatic rings. The number of hydrogen-bond acceptors (Lipinski definition) is 4. The number of hydrogen-bond donors (Lipinski definition) is 1. The predicted molar refractivity (Wildman–Crippen MR) is 101 cm³/mol. The molecule has 0 aliphatic carbocycles. The Kier molecular flexibility index (Phi) is 4.84. The van der Waals surface area contributed by atoms with Crippen LogP contribution < -0.4 is 5.32 Å². The Morgan fingerprint density at radius 2 is 2.08 bits per heavy atom. The number of rotatable bonds is 4. The van der Waals surface area contributed by atoms with Gasteiger partial charge in [0.15, 0.2) is 0 Å². The molecule has 3 nitrogen and oxygen atoms in total. The van der Waals surface area contributed by atoms with Crippen molar-refractivity contribution in [2.45, 2.75) is 12.5 Å². The van der Waals surface area contributed by atoms with Gasteiger partial charge in [-0.2, -0.15) is 0 Å². The zero-order valence-corrected chi connectivity index (χ0v) is 15.4. The second kappa shape index (κ2) is 7.26. The molecule has 1 aliphatic heterocycles. The summed E-state index contributed by atoms with van der Waals surface area (Å²) in [6.07, 6.45) is 0.885. The molecule has 2 aromatic heterocycles. The van der Waals surface area contributed by atoms with Crippen LogP contribution in [0.5, 0.6) is 0 Å². The Bertz CT molecular complexity index is 924. The predicted octanol–water partition coefficient (Wildman–Crippen LogP) is 4.67. The van der Waals surface area contributed by atoms with Crippen LogP contribution >= 0.6 is 22.7 Å². The Morgan fingerprint density at radius 1 is 1.19 bits per heavy atom. The number of halogens is 2. The molecule has 1 N–H and O–H groups in total. The molecule has 1 amide bonds. The molecule has 0 fully saturated rings. The van der Waals surface area contributed by atoms with Crippen LogP contribution in [0.1, 0.15) is 21.4 Å². The van der Waals surface area contributed by atoms with Crippen molar-refractivity contribution in [1.82, 2.24) is 4.90 Å². The minimum Gasteiger partial charge on any atom is -0.322 e. The van der Waals surface area contributed by atoms with Gasteiger partial charge in [0.1, 0.15) is 11.6 Å². The van der Waals surface area contributed by atoms with E-state index in [1.165, 1.54) is 15.3 Å². The van der Waals surface area contributed by atoms with E-state index < -0.39 is 11.6 Å². The summed E-state index contributed by atoms with van der Waals surface area (Å²) in [6, 6.07) is 9.24. The van der Waals surface area contributed by atoms with E-state index in [1.54, 1.807) is 22.7 Å². The van der Waals surface area contributed by atoms with Crippen molar-refractivity contribution in [3.63, 3.8) is 0 Å². The number of carbonyl (C=O) groups excluding carboxylic acids is 1. The van der Waals surface area contributed by atoms with Crippen LogP contribution in [0.15, 0.2) is 47.2 Å². The molecule has 0 bridgehead atoms.